The highest BCUT2D eigenvalue weighted by Crippen LogP contribution is 2.31. The van der Waals surface area contributed by atoms with Crippen molar-refractivity contribution in [2.45, 2.75) is 12.1 Å². The van der Waals surface area contributed by atoms with Gasteiger partial charge in [-0.25, -0.2) is 0 Å². The molecule has 0 saturated heterocycles. The van der Waals surface area contributed by atoms with Crippen LogP contribution in [0.3, 0.4) is 0 Å². The molecule has 1 aromatic carbocycles. The Bertz CT molecular complexity index is 493. The molecule has 0 radical (unpaired) electrons. The number of hydrogen-bond acceptors (Lipinski definition) is 1. The Hall–Kier alpha value is -1.51. The molecule has 0 fully saturated rings. The minimum atomic E-state index is -0.700. The lowest BCUT2D eigenvalue weighted by Gasteiger charge is -2.22. The fourth-order valence-electron chi connectivity index (χ4n) is 1.86. The van der Waals surface area contributed by atoms with Crippen molar-refractivity contribution in [3.63, 3.8) is 0 Å². The predicted octanol–water partition coefficient (Wildman–Crippen LogP) is 3.60. The molecule has 2 atom stereocenters. The van der Waals surface area contributed by atoms with Gasteiger partial charge >= 0.3 is 0 Å². The smallest absolute Gasteiger partial charge is 0.105 e. The lowest BCUT2D eigenvalue weighted by molar-refractivity contribution is 0.135. The van der Waals surface area contributed by atoms with Gasteiger partial charge in [0.15, 0.2) is 0 Å². The summed E-state index contributed by atoms with van der Waals surface area (Å²) in [7, 11) is 0. The molecular weight excluding hydrogens is 234 g/mol. The standard InChI is InChI=1S/C14H14ClNO/c1-2-13(16-9-5-6-10-16)14(17)11-7-3-4-8-12(11)15/h2-10,13-14,17H,1H2/t13-,14+/m0/s1. The van der Waals surface area contributed by atoms with Crippen molar-refractivity contribution in [3.8, 4) is 0 Å². The SMILES string of the molecule is C=C[C@@H]([C@H](O)c1ccccc1Cl)n1cccc1. The molecule has 2 aromatic rings. The van der Waals surface area contributed by atoms with Gasteiger partial charge in [-0.2, -0.15) is 0 Å². The van der Waals surface area contributed by atoms with E-state index in [-0.39, 0.29) is 6.04 Å². The van der Waals surface area contributed by atoms with E-state index in [1.165, 1.54) is 0 Å². The maximum absolute atomic E-state index is 10.4. The summed E-state index contributed by atoms with van der Waals surface area (Å²) in [5.41, 5.74) is 0.716. The summed E-state index contributed by atoms with van der Waals surface area (Å²) in [5, 5.41) is 10.9. The van der Waals surface area contributed by atoms with Crippen LogP contribution < -0.4 is 0 Å². The molecule has 88 valence electrons. The maximum Gasteiger partial charge on any atom is 0.105 e. The van der Waals surface area contributed by atoms with Crippen molar-refractivity contribution >= 4 is 11.6 Å². The van der Waals surface area contributed by atoms with Gasteiger partial charge in [-0.1, -0.05) is 35.9 Å². The van der Waals surface area contributed by atoms with Crippen LogP contribution in [0.4, 0.5) is 0 Å². The normalized spacial score (nSPS) is 14.2. The molecule has 1 heterocycles. The third-order valence-electron chi connectivity index (χ3n) is 2.76. The molecule has 0 aliphatic heterocycles. The van der Waals surface area contributed by atoms with Crippen molar-refractivity contribution in [3.05, 3.63) is 72.0 Å². The van der Waals surface area contributed by atoms with E-state index in [4.69, 9.17) is 11.6 Å². The summed E-state index contributed by atoms with van der Waals surface area (Å²) in [6.45, 7) is 3.77. The summed E-state index contributed by atoms with van der Waals surface area (Å²) in [5.74, 6) is 0. The highest BCUT2D eigenvalue weighted by atomic mass is 35.5. The second kappa shape index (κ2) is 5.21. The molecule has 1 N–H and O–H groups in total. The lowest BCUT2D eigenvalue weighted by Crippen LogP contribution is -2.14. The lowest BCUT2D eigenvalue weighted by atomic mass is 10.0. The van der Waals surface area contributed by atoms with Crippen LogP contribution in [0.1, 0.15) is 17.7 Å². The van der Waals surface area contributed by atoms with E-state index >= 15 is 0 Å². The fraction of sp³-hybridized carbons (Fsp3) is 0.143. The molecule has 0 aliphatic carbocycles. The molecule has 1 aromatic heterocycles. The minimum Gasteiger partial charge on any atom is -0.386 e. The van der Waals surface area contributed by atoms with E-state index in [1.807, 2.05) is 47.3 Å². The Morgan fingerprint density at radius 1 is 1.18 bits per heavy atom. The third-order valence-corrected chi connectivity index (χ3v) is 3.10. The Balaban J connectivity index is 2.33. The molecule has 0 unspecified atom stereocenters. The van der Waals surface area contributed by atoms with Gasteiger partial charge in [-0.3, -0.25) is 0 Å². The van der Waals surface area contributed by atoms with Crippen molar-refractivity contribution < 1.29 is 5.11 Å². The molecule has 3 heteroatoms. The third kappa shape index (κ3) is 2.43. The zero-order chi connectivity index (χ0) is 12.3. The van der Waals surface area contributed by atoms with Crippen LogP contribution in [-0.4, -0.2) is 9.67 Å². The predicted molar refractivity (Wildman–Crippen MR) is 70.1 cm³/mol. The molecule has 0 spiro atoms. The summed E-state index contributed by atoms with van der Waals surface area (Å²) < 4.78 is 1.90. The number of hydrogen-bond donors (Lipinski definition) is 1. The van der Waals surface area contributed by atoms with Crippen molar-refractivity contribution in [1.82, 2.24) is 4.57 Å². The van der Waals surface area contributed by atoms with Crippen LogP contribution in [0.5, 0.6) is 0 Å². The molecule has 2 rings (SSSR count). The maximum atomic E-state index is 10.4. The van der Waals surface area contributed by atoms with Gasteiger partial charge in [0.1, 0.15) is 6.10 Å². The van der Waals surface area contributed by atoms with Gasteiger partial charge in [0.25, 0.3) is 0 Å². The summed E-state index contributed by atoms with van der Waals surface area (Å²) in [6, 6.07) is 10.9. The van der Waals surface area contributed by atoms with E-state index in [9.17, 15) is 5.11 Å². The first-order valence-corrected chi connectivity index (χ1v) is 5.79. The van der Waals surface area contributed by atoms with Crippen LogP contribution in [-0.2, 0) is 0 Å². The van der Waals surface area contributed by atoms with Gasteiger partial charge in [0, 0.05) is 23.0 Å². The zero-order valence-corrected chi connectivity index (χ0v) is 10.1. The summed E-state index contributed by atoms with van der Waals surface area (Å²) >= 11 is 6.08. The number of halogens is 1. The molecular formula is C14H14ClNO. The summed E-state index contributed by atoms with van der Waals surface area (Å²) in [6.07, 6.45) is 4.81. The number of aliphatic hydroxyl groups is 1. The first-order valence-electron chi connectivity index (χ1n) is 5.41. The highest BCUT2D eigenvalue weighted by molar-refractivity contribution is 6.31. The number of aliphatic hydroxyl groups excluding tert-OH is 1. The van der Waals surface area contributed by atoms with Crippen LogP contribution in [0, 0.1) is 0 Å². The van der Waals surface area contributed by atoms with Gasteiger partial charge in [-0.05, 0) is 18.2 Å². The topological polar surface area (TPSA) is 25.2 Å². The zero-order valence-electron chi connectivity index (χ0n) is 9.33. The van der Waals surface area contributed by atoms with E-state index in [0.717, 1.165) is 0 Å². The largest absolute Gasteiger partial charge is 0.386 e. The van der Waals surface area contributed by atoms with Gasteiger partial charge in [-0.15, -0.1) is 6.58 Å². The number of nitrogens with zero attached hydrogens (tertiary/aromatic N) is 1. The Morgan fingerprint density at radius 3 is 2.41 bits per heavy atom. The van der Waals surface area contributed by atoms with Crippen LogP contribution in [0.25, 0.3) is 0 Å². The second-order valence-electron chi connectivity index (χ2n) is 3.82. The van der Waals surface area contributed by atoms with Crippen molar-refractivity contribution in [2.75, 3.05) is 0 Å². The Morgan fingerprint density at radius 2 is 1.82 bits per heavy atom. The summed E-state index contributed by atoms with van der Waals surface area (Å²) in [4.78, 5) is 0. The average molecular weight is 248 g/mol. The Labute approximate surface area is 106 Å². The molecule has 0 aliphatic rings. The van der Waals surface area contributed by atoms with Gasteiger partial charge in [0.05, 0.1) is 6.04 Å². The number of aromatic nitrogens is 1. The molecule has 0 saturated carbocycles. The molecule has 0 amide bonds. The van der Waals surface area contributed by atoms with Crippen molar-refractivity contribution in [2.24, 2.45) is 0 Å². The highest BCUT2D eigenvalue weighted by Gasteiger charge is 2.20. The van der Waals surface area contributed by atoms with E-state index < -0.39 is 6.10 Å². The van der Waals surface area contributed by atoms with E-state index in [0.29, 0.717) is 10.6 Å². The van der Waals surface area contributed by atoms with E-state index in [1.54, 1.807) is 12.1 Å². The van der Waals surface area contributed by atoms with Crippen LogP contribution in [0.15, 0.2) is 61.4 Å². The number of rotatable bonds is 4. The Kier molecular flexibility index (Phi) is 3.67. The van der Waals surface area contributed by atoms with E-state index in [2.05, 4.69) is 6.58 Å². The fourth-order valence-corrected chi connectivity index (χ4v) is 2.11. The second-order valence-corrected chi connectivity index (χ2v) is 4.23. The van der Waals surface area contributed by atoms with Gasteiger partial charge in [0.2, 0.25) is 0 Å². The quantitative estimate of drug-likeness (QED) is 0.821. The first kappa shape index (κ1) is 12.0. The average Bonchev–Trinajstić information content (AvgIpc) is 2.84. The van der Waals surface area contributed by atoms with Gasteiger partial charge < -0.3 is 9.67 Å². The first-order chi connectivity index (χ1) is 8.24. The monoisotopic (exact) mass is 247 g/mol. The molecule has 0 bridgehead atoms. The minimum absolute atomic E-state index is 0.218. The van der Waals surface area contributed by atoms with Crippen LogP contribution in [0.2, 0.25) is 5.02 Å². The van der Waals surface area contributed by atoms with Crippen molar-refractivity contribution in [1.29, 1.82) is 0 Å². The number of benzene rings is 1. The van der Waals surface area contributed by atoms with Crippen LogP contribution >= 0.6 is 11.6 Å². The molecule has 2 nitrogen and oxygen atoms in total. The molecule has 17 heavy (non-hydrogen) atoms.